The second-order valence-corrected chi connectivity index (χ2v) is 8.93. The van der Waals surface area contributed by atoms with Crippen LogP contribution in [0.15, 0.2) is 59.6 Å². The van der Waals surface area contributed by atoms with E-state index in [9.17, 15) is 13.2 Å². The number of carbonyl (C=O) groups excluding carboxylic acids is 1. The highest BCUT2D eigenvalue weighted by Gasteiger charge is 2.28. The maximum Gasteiger partial charge on any atom is 0.257 e. The lowest BCUT2D eigenvalue weighted by atomic mass is 10.1. The SMILES string of the molecule is O=C(Nc1cccc2cccnc12)c1cc(S(=O)(=O)N2CCCC2)ccc1Cl. The highest BCUT2D eigenvalue weighted by Crippen LogP contribution is 2.27. The van der Waals surface area contributed by atoms with Gasteiger partial charge in [0.1, 0.15) is 0 Å². The third-order valence-corrected chi connectivity index (χ3v) is 6.99. The number of para-hydroxylation sites is 1. The molecule has 1 N–H and O–H groups in total. The van der Waals surface area contributed by atoms with Gasteiger partial charge in [-0.2, -0.15) is 4.31 Å². The van der Waals surface area contributed by atoms with Crippen LogP contribution in [0.25, 0.3) is 10.9 Å². The van der Waals surface area contributed by atoms with Crippen LogP contribution in [0.1, 0.15) is 23.2 Å². The Balaban J connectivity index is 1.68. The van der Waals surface area contributed by atoms with Gasteiger partial charge in [-0.1, -0.05) is 29.8 Å². The summed E-state index contributed by atoms with van der Waals surface area (Å²) in [5.74, 6) is -0.485. The van der Waals surface area contributed by atoms with Crippen molar-refractivity contribution < 1.29 is 13.2 Å². The van der Waals surface area contributed by atoms with Crippen molar-refractivity contribution >= 4 is 44.1 Å². The summed E-state index contributed by atoms with van der Waals surface area (Å²) >= 11 is 6.20. The van der Waals surface area contributed by atoms with Gasteiger partial charge in [-0.15, -0.1) is 0 Å². The Labute approximate surface area is 168 Å². The Bertz CT molecular complexity index is 1150. The number of sulfonamides is 1. The summed E-state index contributed by atoms with van der Waals surface area (Å²) in [7, 11) is -3.64. The number of nitrogens with one attached hydrogen (secondary N) is 1. The molecule has 8 heteroatoms. The summed E-state index contributed by atoms with van der Waals surface area (Å²) in [5.41, 5.74) is 1.29. The van der Waals surface area contributed by atoms with Gasteiger partial charge in [0.05, 0.1) is 26.7 Å². The number of anilines is 1. The molecule has 6 nitrogen and oxygen atoms in total. The lowest BCUT2D eigenvalue weighted by molar-refractivity contribution is 0.102. The van der Waals surface area contributed by atoms with Crippen molar-refractivity contribution in [2.24, 2.45) is 0 Å². The minimum absolute atomic E-state index is 0.0694. The van der Waals surface area contributed by atoms with Crippen LogP contribution < -0.4 is 5.32 Å². The number of carbonyl (C=O) groups is 1. The molecule has 0 atom stereocenters. The second kappa shape index (κ2) is 7.50. The van der Waals surface area contributed by atoms with Crippen LogP contribution in [-0.2, 0) is 10.0 Å². The zero-order chi connectivity index (χ0) is 19.7. The van der Waals surface area contributed by atoms with E-state index in [1.54, 1.807) is 12.3 Å². The number of amides is 1. The van der Waals surface area contributed by atoms with Crippen molar-refractivity contribution in [2.75, 3.05) is 18.4 Å². The van der Waals surface area contributed by atoms with E-state index < -0.39 is 15.9 Å². The molecule has 2 heterocycles. The Morgan fingerprint density at radius 1 is 1.07 bits per heavy atom. The molecule has 3 aromatic rings. The molecule has 2 aromatic carbocycles. The normalized spacial score (nSPS) is 15.0. The highest BCUT2D eigenvalue weighted by molar-refractivity contribution is 7.89. The number of fused-ring (bicyclic) bond motifs is 1. The van der Waals surface area contributed by atoms with Gasteiger partial charge in [0, 0.05) is 24.7 Å². The number of hydrogen-bond acceptors (Lipinski definition) is 4. The molecule has 0 unspecified atom stereocenters. The molecule has 0 saturated carbocycles. The first-order chi connectivity index (χ1) is 13.5. The summed E-state index contributed by atoms with van der Waals surface area (Å²) in [4.78, 5) is 17.2. The van der Waals surface area contributed by atoms with Crippen LogP contribution in [0.3, 0.4) is 0 Å². The minimum Gasteiger partial charge on any atom is -0.320 e. The molecule has 28 heavy (non-hydrogen) atoms. The number of halogens is 1. The van der Waals surface area contributed by atoms with Crippen LogP contribution in [0.4, 0.5) is 5.69 Å². The molecule has 1 amide bonds. The molecule has 1 fully saturated rings. The van der Waals surface area contributed by atoms with E-state index in [2.05, 4.69) is 10.3 Å². The van der Waals surface area contributed by atoms with Crippen molar-refractivity contribution in [3.8, 4) is 0 Å². The molecule has 4 rings (SSSR count). The summed E-state index contributed by atoms with van der Waals surface area (Å²) < 4.78 is 27.0. The lowest BCUT2D eigenvalue weighted by Gasteiger charge is -2.16. The smallest absolute Gasteiger partial charge is 0.257 e. The van der Waals surface area contributed by atoms with Gasteiger partial charge in [-0.25, -0.2) is 8.42 Å². The van der Waals surface area contributed by atoms with Crippen molar-refractivity contribution in [3.63, 3.8) is 0 Å². The van der Waals surface area contributed by atoms with Crippen LogP contribution in [0.5, 0.6) is 0 Å². The maximum absolute atomic E-state index is 12.8. The molecule has 0 aliphatic carbocycles. The number of nitrogens with zero attached hydrogens (tertiary/aromatic N) is 2. The molecule has 1 saturated heterocycles. The maximum atomic E-state index is 12.8. The third-order valence-electron chi connectivity index (χ3n) is 4.77. The van der Waals surface area contributed by atoms with Crippen LogP contribution in [0.2, 0.25) is 5.02 Å². The van der Waals surface area contributed by atoms with E-state index >= 15 is 0 Å². The van der Waals surface area contributed by atoms with Gasteiger partial charge in [-0.05, 0) is 43.2 Å². The van der Waals surface area contributed by atoms with Gasteiger partial charge in [0.2, 0.25) is 10.0 Å². The van der Waals surface area contributed by atoms with Gasteiger partial charge in [-0.3, -0.25) is 9.78 Å². The predicted molar refractivity (Wildman–Crippen MR) is 109 cm³/mol. The molecule has 0 spiro atoms. The number of aromatic nitrogens is 1. The quantitative estimate of drug-likeness (QED) is 0.700. The average Bonchev–Trinajstić information content (AvgIpc) is 3.24. The average molecular weight is 416 g/mol. The van der Waals surface area contributed by atoms with Crippen LogP contribution in [-0.4, -0.2) is 36.7 Å². The van der Waals surface area contributed by atoms with E-state index in [1.807, 2.05) is 24.3 Å². The van der Waals surface area contributed by atoms with Crippen molar-refractivity contribution in [3.05, 3.63) is 65.3 Å². The molecule has 1 aliphatic rings. The van der Waals surface area contributed by atoms with Gasteiger partial charge in [0.15, 0.2) is 0 Å². The second-order valence-electron chi connectivity index (χ2n) is 6.59. The fraction of sp³-hybridized carbons (Fsp3) is 0.200. The molecule has 1 aliphatic heterocycles. The number of benzene rings is 2. The predicted octanol–water partition coefficient (Wildman–Crippen LogP) is 3.93. The number of rotatable bonds is 4. The van der Waals surface area contributed by atoms with E-state index in [0.29, 0.717) is 24.3 Å². The Morgan fingerprint density at radius 3 is 2.61 bits per heavy atom. The van der Waals surface area contributed by atoms with Crippen molar-refractivity contribution in [1.82, 2.24) is 9.29 Å². The van der Waals surface area contributed by atoms with E-state index in [4.69, 9.17) is 11.6 Å². The summed E-state index contributed by atoms with van der Waals surface area (Å²) in [6.45, 7) is 0.988. The van der Waals surface area contributed by atoms with Crippen molar-refractivity contribution in [2.45, 2.75) is 17.7 Å². The molecule has 144 valence electrons. The lowest BCUT2D eigenvalue weighted by Crippen LogP contribution is -2.28. The van der Waals surface area contributed by atoms with E-state index in [1.165, 1.54) is 22.5 Å². The molecular weight excluding hydrogens is 398 g/mol. The first-order valence-corrected chi connectivity index (χ1v) is 10.7. The zero-order valence-electron chi connectivity index (χ0n) is 14.9. The largest absolute Gasteiger partial charge is 0.320 e. The molecular formula is C20H18ClN3O3S. The minimum atomic E-state index is -3.64. The molecule has 1 aromatic heterocycles. The topological polar surface area (TPSA) is 79.4 Å². The van der Waals surface area contributed by atoms with Crippen LogP contribution in [0, 0.1) is 0 Å². The fourth-order valence-corrected chi connectivity index (χ4v) is 5.06. The summed E-state index contributed by atoms with van der Waals surface area (Å²) in [5, 5.41) is 3.87. The Hall–Kier alpha value is -2.48. The number of hydrogen-bond donors (Lipinski definition) is 1. The van der Waals surface area contributed by atoms with Crippen LogP contribution >= 0.6 is 11.6 Å². The molecule has 0 bridgehead atoms. The number of pyridine rings is 1. The standard InChI is InChI=1S/C20H18ClN3O3S/c21-17-9-8-15(28(26,27)24-11-1-2-12-24)13-16(17)20(25)23-18-7-3-5-14-6-4-10-22-19(14)18/h3-10,13H,1-2,11-12H2,(H,23,25). The Morgan fingerprint density at radius 2 is 1.82 bits per heavy atom. The first-order valence-electron chi connectivity index (χ1n) is 8.91. The van der Waals surface area contributed by atoms with Gasteiger partial charge < -0.3 is 5.32 Å². The third kappa shape index (κ3) is 3.48. The molecule has 0 radical (unpaired) electrons. The van der Waals surface area contributed by atoms with Gasteiger partial charge >= 0.3 is 0 Å². The highest BCUT2D eigenvalue weighted by atomic mass is 35.5. The zero-order valence-corrected chi connectivity index (χ0v) is 16.5. The Kier molecular flexibility index (Phi) is 5.05. The monoisotopic (exact) mass is 415 g/mol. The van der Waals surface area contributed by atoms with Crippen molar-refractivity contribution in [1.29, 1.82) is 0 Å². The fourth-order valence-electron chi connectivity index (χ4n) is 3.31. The van der Waals surface area contributed by atoms with E-state index in [0.717, 1.165) is 18.2 Å². The summed E-state index contributed by atoms with van der Waals surface area (Å²) in [6.07, 6.45) is 3.33. The first kappa shape index (κ1) is 18.9. The van der Waals surface area contributed by atoms with E-state index in [-0.39, 0.29) is 15.5 Å². The van der Waals surface area contributed by atoms with Gasteiger partial charge in [0.25, 0.3) is 5.91 Å². The summed E-state index contributed by atoms with van der Waals surface area (Å²) in [6, 6.07) is 13.4.